The van der Waals surface area contributed by atoms with Gasteiger partial charge in [0.1, 0.15) is 11.9 Å². The van der Waals surface area contributed by atoms with Crippen LogP contribution in [-0.2, 0) is 4.79 Å². The number of amides is 1. The summed E-state index contributed by atoms with van der Waals surface area (Å²) in [4.78, 5) is 11.5. The third-order valence-electron chi connectivity index (χ3n) is 2.06. The quantitative estimate of drug-likeness (QED) is 0.836. The van der Waals surface area contributed by atoms with E-state index >= 15 is 0 Å². The number of benzene rings is 1. The number of rotatable bonds is 4. The van der Waals surface area contributed by atoms with Gasteiger partial charge in [-0.05, 0) is 41.1 Å². The standard InChI is InChI=1S/C12H12BrFN2O/c1-3-6-15-12(17)8(2)16-9-4-5-11(14)10(13)7-9/h1,4-5,7-8,16H,6H2,2H3,(H,15,17). The van der Waals surface area contributed by atoms with Gasteiger partial charge in [-0.15, -0.1) is 6.42 Å². The number of carbonyl (C=O) groups excluding carboxylic acids is 1. The number of halogens is 2. The summed E-state index contributed by atoms with van der Waals surface area (Å²) in [6.07, 6.45) is 5.03. The lowest BCUT2D eigenvalue weighted by atomic mass is 10.2. The summed E-state index contributed by atoms with van der Waals surface area (Å²) in [6, 6.07) is 4.00. The molecule has 0 aliphatic heterocycles. The van der Waals surface area contributed by atoms with E-state index in [2.05, 4.69) is 32.5 Å². The number of hydrogen-bond donors (Lipinski definition) is 2. The fourth-order valence-corrected chi connectivity index (χ4v) is 1.57. The molecule has 0 bridgehead atoms. The molecule has 0 saturated carbocycles. The minimum absolute atomic E-state index is 0.192. The smallest absolute Gasteiger partial charge is 0.242 e. The van der Waals surface area contributed by atoms with Crippen LogP contribution in [0.15, 0.2) is 22.7 Å². The molecule has 1 rings (SSSR count). The molecule has 90 valence electrons. The van der Waals surface area contributed by atoms with Gasteiger partial charge >= 0.3 is 0 Å². The zero-order chi connectivity index (χ0) is 12.8. The summed E-state index contributed by atoms with van der Waals surface area (Å²) >= 11 is 3.07. The topological polar surface area (TPSA) is 41.1 Å². The van der Waals surface area contributed by atoms with E-state index in [1.54, 1.807) is 19.1 Å². The van der Waals surface area contributed by atoms with E-state index in [1.807, 2.05) is 0 Å². The normalized spacial score (nSPS) is 11.4. The van der Waals surface area contributed by atoms with Crippen molar-refractivity contribution in [1.82, 2.24) is 5.32 Å². The summed E-state index contributed by atoms with van der Waals surface area (Å²) in [5.74, 6) is 1.76. The van der Waals surface area contributed by atoms with Crippen molar-refractivity contribution >= 4 is 27.5 Å². The molecule has 1 aromatic rings. The zero-order valence-electron chi connectivity index (χ0n) is 9.26. The lowest BCUT2D eigenvalue weighted by Gasteiger charge is -2.14. The average Bonchev–Trinajstić information content (AvgIpc) is 2.30. The molecule has 1 amide bonds. The van der Waals surface area contributed by atoms with Crippen LogP contribution in [0.5, 0.6) is 0 Å². The van der Waals surface area contributed by atoms with Crippen LogP contribution in [0.4, 0.5) is 10.1 Å². The summed E-state index contributed by atoms with van der Waals surface area (Å²) in [5, 5.41) is 5.50. The summed E-state index contributed by atoms with van der Waals surface area (Å²) in [7, 11) is 0. The second kappa shape index (κ2) is 6.26. The molecular weight excluding hydrogens is 287 g/mol. The maximum Gasteiger partial charge on any atom is 0.242 e. The van der Waals surface area contributed by atoms with Crippen LogP contribution in [0.25, 0.3) is 0 Å². The molecule has 0 aliphatic carbocycles. The SMILES string of the molecule is C#CCNC(=O)C(C)Nc1ccc(F)c(Br)c1. The number of carbonyl (C=O) groups is 1. The first-order valence-electron chi connectivity index (χ1n) is 4.97. The molecule has 0 radical (unpaired) electrons. The molecule has 1 aromatic carbocycles. The van der Waals surface area contributed by atoms with E-state index in [0.717, 1.165) is 0 Å². The maximum absolute atomic E-state index is 13.0. The number of hydrogen-bond acceptors (Lipinski definition) is 2. The van der Waals surface area contributed by atoms with E-state index < -0.39 is 6.04 Å². The van der Waals surface area contributed by atoms with Gasteiger partial charge in [-0.3, -0.25) is 4.79 Å². The molecule has 1 unspecified atom stereocenters. The Morgan fingerprint density at radius 1 is 1.65 bits per heavy atom. The Labute approximate surface area is 108 Å². The highest BCUT2D eigenvalue weighted by atomic mass is 79.9. The van der Waals surface area contributed by atoms with Crippen molar-refractivity contribution in [3.05, 3.63) is 28.5 Å². The van der Waals surface area contributed by atoms with Gasteiger partial charge in [-0.1, -0.05) is 5.92 Å². The fourth-order valence-electron chi connectivity index (χ4n) is 1.19. The van der Waals surface area contributed by atoms with E-state index in [-0.39, 0.29) is 18.3 Å². The van der Waals surface area contributed by atoms with Crippen molar-refractivity contribution in [3.63, 3.8) is 0 Å². The van der Waals surface area contributed by atoms with Gasteiger partial charge in [0.15, 0.2) is 0 Å². The molecule has 5 heteroatoms. The van der Waals surface area contributed by atoms with Crippen molar-refractivity contribution in [3.8, 4) is 12.3 Å². The number of anilines is 1. The minimum Gasteiger partial charge on any atom is -0.374 e. The Hall–Kier alpha value is -1.54. The highest BCUT2D eigenvalue weighted by Crippen LogP contribution is 2.20. The second-order valence-corrected chi connectivity index (χ2v) is 4.27. The summed E-state index contributed by atoms with van der Waals surface area (Å²) in [6.45, 7) is 1.89. The average molecular weight is 299 g/mol. The highest BCUT2D eigenvalue weighted by molar-refractivity contribution is 9.10. The number of nitrogens with one attached hydrogen (secondary N) is 2. The van der Waals surface area contributed by atoms with Gasteiger partial charge in [0.25, 0.3) is 0 Å². The number of terminal acetylenes is 1. The largest absolute Gasteiger partial charge is 0.374 e. The van der Waals surface area contributed by atoms with Gasteiger partial charge in [0.2, 0.25) is 5.91 Å². The second-order valence-electron chi connectivity index (χ2n) is 3.42. The molecule has 2 N–H and O–H groups in total. The van der Waals surface area contributed by atoms with Crippen molar-refractivity contribution in [2.75, 3.05) is 11.9 Å². The molecule has 0 heterocycles. The maximum atomic E-state index is 13.0. The molecule has 0 spiro atoms. The Balaban J connectivity index is 2.62. The van der Waals surface area contributed by atoms with Gasteiger partial charge in [-0.25, -0.2) is 4.39 Å². The van der Waals surface area contributed by atoms with Gasteiger partial charge in [0, 0.05) is 5.69 Å². The molecule has 1 atom stereocenters. The Morgan fingerprint density at radius 2 is 2.35 bits per heavy atom. The Morgan fingerprint density at radius 3 is 2.94 bits per heavy atom. The monoisotopic (exact) mass is 298 g/mol. The lowest BCUT2D eigenvalue weighted by Crippen LogP contribution is -2.37. The third kappa shape index (κ3) is 4.08. The van der Waals surface area contributed by atoms with Gasteiger partial charge in [-0.2, -0.15) is 0 Å². The summed E-state index contributed by atoms with van der Waals surface area (Å²) in [5.41, 5.74) is 0.654. The van der Waals surface area contributed by atoms with Crippen LogP contribution in [0.2, 0.25) is 0 Å². The summed E-state index contributed by atoms with van der Waals surface area (Å²) < 4.78 is 13.3. The van der Waals surface area contributed by atoms with Gasteiger partial charge in [0.05, 0.1) is 11.0 Å². The molecular formula is C12H12BrFN2O. The fraction of sp³-hybridized carbons (Fsp3) is 0.250. The molecule has 0 aliphatic rings. The predicted molar refractivity (Wildman–Crippen MR) is 69.0 cm³/mol. The van der Waals surface area contributed by atoms with Crippen LogP contribution < -0.4 is 10.6 Å². The molecule has 0 saturated heterocycles. The predicted octanol–water partition coefficient (Wildman–Crippen LogP) is 2.14. The van der Waals surface area contributed by atoms with Gasteiger partial charge < -0.3 is 10.6 Å². The van der Waals surface area contributed by atoms with Crippen LogP contribution in [-0.4, -0.2) is 18.5 Å². The molecule has 3 nitrogen and oxygen atoms in total. The molecule has 0 fully saturated rings. The zero-order valence-corrected chi connectivity index (χ0v) is 10.8. The van der Waals surface area contributed by atoms with E-state index in [4.69, 9.17) is 6.42 Å². The lowest BCUT2D eigenvalue weighted by molar-refractivity contribution is -0.121. The van der Waals surface area contributed by atoms with Crippen LogP contribution >= 0.6 is 15.9 Å². The van der Waals surface area contributed by atoms with Crippen LogP contribution in [0.1, 0.15) is 6.92 Å². The molecule has 17 heavy (non-hydrogen) atoms. The highest BCUT2D eigenvalue weighted by Gasteiger charge is 2.11. The van der Waals surface area contributed by atoms with Crippen molar-refractivity contribution in [2.45, 2.75) is 13.0 Å². The van der Waals surface area contributed by atoms with E-state index in [9.17, 15) is 9.18 Å². The first-order chi connectivity index (χ1) is 8.04. The van der Waals surface area contributed by atoms with E-state index in [0.29, 0.717) is 10.2 Å². The van der Waals surface area contributed by atoms with Crippen molar-refractivity contribution < 1.29 is 9.18 Å². The van der Waals surface area contributed by atoms with Crippen molar-refractivity contribution in [2.24, 2.45) is 0 Å². The Bertz CT molecular complexity index is 456. The first-order valence-corrected chi connectivity index (χ1v) is 5.76. The minimum atomic E-state index is -0.444. The molecule has 0 aromatic heterocycles. The Kier molecular flexibility index (Phi) is 4.98. The third-order valence-corrected chi connectivity index (χ3v) is 2.67. The van der Waals surface area contributed by atoms with E-state index in [1.165, 1.54) is 6.07 Å². The van der Waals surface area contributed by atoms with Crippen molar-refractivity contribution in [1.29, 1.82) is 0 Å². The van der Waals surface area contributed by atoms with Crippen LogP contribution in [0, 0.1) is 18.2 Å². The van der Waals surface area contributed by atoms with Crippen LogP contribution in [0.3, 0.4) is 0 Å². The first kappa shape index (κ1) is 13.5.